The summed E-state index contributed by atoms with van der Waals surface area (Å²) in [6.45, 7) is 7.19. The number of rotatable bonds is 6. The van der Waals surface area contributed by atoms with Gasteiger partial charge in [-0.1, -0.05) is 19.1 Å². The molecule has 0 saturated heterocycles. The largest absolute Gasteiger partial charge is 0.481 e. The van der Waals surface area contributed by atoms with Gasteiger partial charge in [0.2, 0.25) is 5.43 Å². The molecule has 8 heteroatoms. The van der Waals surface area contributed by atoms with Crippen molar-refractivity contribution in [2.45, 2.75) is 47.0 Å². The molecule has 0 bridgehead atoms. The number of hydrogen-bond acceptors (Lipinski definition) is 6. The van der Waals surface area contributed by atoms with E-state index in [0.29, 0.717) is 34.5 Å². The number of carbonyl (C=O) groups excluding carboxylic acids is 1. The second-order valence-corrected chi connectivity index (χ2v) is 9.56. The molecule has 0 amide bonds. The van der Waals surface area contributed by atoms with Crippen molar-refractivity contribution in [1.29, 1.82) is 0 Å². The lowest BCUT2D eigenvalue weighted by Crippen LogP contribution is -2.26. The standard InChI is InChI=1S/C27H28N2O6/c1-6-15-13-16-21(14-20(15)35-26(33)27(2,3)4)34-19(11-12-22(30)31)23(24(16)32)25-28-17-9-7-8-10-18(17)29(25)5/h7-10,13-14H,6,11-12H2,1-5H3,(H,30,31). The van der Waals surface area contributed by atoms with Gasteiger partial charge in [-0.05, 0) is 51.0 Å². The van der Waals surface area contributed by atoms with Crippen molar-refractivity contribution in [3.8, 4) is 17.1 Å². The van der Waals surface area contributed by atoms with E-state index in [1.807, 2.05) is 38.2 Å². The fourth-order valence-corrected chi connectivity index (χ4v) is 3.93. The molecule has 0 fully saturated rings. The van der Waals surface area contributed by atoms with Gasteiger partial charge in [0.25, 0.3) is 0 Å². The van der Waals surface area contributed by atoms with E-state index >= 15 is 0 Å². The number of imidazole rings is 1. The van der Waals surface area contributed by atoms with Crippen molar-refractivity contribution in [3.63, 3.8) is 0 Å². The molecule has 0 saturated carbocycles. The van der Waals surface area contributed by atoms with Crippen LogP contribution in [0.5, 0.6) is 5.75 Å². The minimum absolute atomic E-state index is 0.00565. The maximum absolute atomic E-state index is 13.8. The van der Waals surface area contributed by atoms with Crippen molar-refractivity contribution in [1.82, 2.24) is 9.55 Å². The number of aliphatic carboxylic acids is 1. The highest BCUT2D eigenvalue weighted by molar-refractivity contribution is 5.88. The summed E-state index contributed by atoms with van der Waals surface area (Å²) in [5.41, 5.74) is 1.69. The molecule has 0 aliphatic heterocycles. The summed E-state index contributed by atoms with van der Waals surface area (Å²) in [7, 11) is 1.81. The Balaban J connectivity index is 1.97. The SMILES string of the molecule is CCc1cc2c(=O)c(-c3nc4ccccc4n3C)c(CCC(=O)O)oc2cc1OC(=O)C(C)(C)C. The third kappa shape index (κ3) is 4.56. The van der Waals surface area contributed by atoms with Crippen LogP contribution in [0, 0.1) is 5.41 Å². The van der Waals surface area contributed by atoms with Gasteiger partial charge in [-0.2, -0.15) is 0 Å². The number of ether oxygens (including phenoxy) is 1. The van der Waals surface area contributed by atoms with Crippen molar-refractivity contribution >= 4 is 33.9 Å². The Hall–Kier alpha value is -3.94. The van der Waals surface area contributed by atoms with Gasteiger partial charge in [0, 0.05) is 19.5 Å². The Bertz CT molecular complexity index is 1520. The summed E-state index contributed by atoms with van der Waals surface area (Å²) in [4.78, 5) is 42.3. The molecular formula is C27H28N2O6. The molecule has 2 aromatic carbocycles. The highest BCUT2D eigenvalue weighted by Crippen LogP contribution is 2.32. The van der Waals surface area contributed by atoms with E-state index in [4.69, 9.17) is 9.15 Å². The van der Waals surface area contributed by atoms with Crippen LogP contribution in [0.15, 0.2) is 45.6 Å². The van der Waals surface area contributed by atoms with Gasteiger partial charge >= 0.3 is 11.9 Å². The van der Waals surface area contributed by atoms with Crippen LogP contribution in [0.4, 0.5) is 0 Å². The van der Waals surface area contributed by atoms with Crippen LogP contribution in [-0.2, 0) is 29.5 Å². The summed E-state index contributed by atoms with van der Waals surface area (Å²) in [5, 5.41) is 9.60. The van der Waals surface area contributed by atoms with Crippen LogP contribution in [0.25, 0.3) is 33.4 Å². The smallest absolute Gasteiger partial charge is 0.316 e. The van der Waals surface area contributed by atoms with Gasteiger partial charge in [0.15, 0.2) is 0 Å². The number of aromatic nitrogens is 2. The second-order valence-electron chi connectivity index (χ2n) is 9.56. The lowest BCUT2D eigenvalue weighted by Gasteiger charge is -2.18. The van der Waals surface area contributed by atoms with Crippen molar-refractivity contribution in [3.05, 3.63) is 57.9 Å². The Morgan fingerprint density at radius 3 is 2.51 bits per heavy atom. The maximum Gasteiger partial charge on any atom is 0.316 e. The van der Waals surface area contributed by atoms with Crippen LogP contribution >= 0.6 is 0 Å². The topological polar surface area (TPSA) is 112 Å². The molecular weight excluding hydrogens is 448 g/mol. The molecule has 4 aromatic rings. The van der Waals surface area contributed by atoms with Gasteiger partial charge in [-0.15, -0.1) is 0 Å². The number of carboxylic acid groups (broad SMARTS) is 1. The first-order valence-electron chi connectivity index (χ1n) is 11.5. The molecule has 0 aliphatic rings. The molecule has 4 rings (SSSR count). The van der Waals surface area contributed by atoms with Crippen LogP contribution in [0.1, 0.15) is 45.4 Å². The van der Waals surface area contributed by atoms with Gasteiger partial charge in [0.1, 0.15) is 28.5 Å². The molecule has 0 unspecified atom stereocenters. The van der Waals surface area contributed by atoms with E-state index in [1.54, 1.807) is 37.5 Å². The zero-order valence-electron chi connectivity index (χ0n) is 20.5. The van der Waals surface area contributed by atoms with Gasteiger partial charge < -0.3 is 18.8 Å². The third-order valence-corrected chi connectivity index (χ3v) is 5.92. The molecule has 2 aromatic heterocycles. The van der Waals surface area contributed by atoms with E-state index in [0.717, 1.165) is 5.52 Å². The summed E-state index contributed by atoms with van der Waals surface area (Å²) in [6, 6.07) is 10.7. The first-order chi connectivity index (χ1) is 16.5. The van der Waals surface area contributed by atoms with Crippen LogP contribution in [0.3, 0.4) is 0 Å². The average molecular weight is 477 g/mol. The fraction of sp³-hybridized carbons (Fsp3) is 0.333. The van der Waals surface area contributed by atoms with Crippen molar-refractivity contribution < 1.29 is 23.8 Å². The second kappa shape index (κ2) is 9.02. The van der Waals surface area contributed by atoms with Crippen LogP contribution < -0.4 is 10.2 Å². The first kappa shape index (κ1) is 24.2. The van der Waals surface area contributed by atoms with E-state index in [1.165, 1.54) is 0 Å². The summed E-state index contributed by atoms with van der Waals surface area (Å²) in [5.74, 6) is -0.465. The van der Waals surface area contributed by atoms with E-state index in [-0.39, 0.29) is 35.2 Å². The quantitative estimate of drug-likeness (QED) is 0.312. The number of hydrogen-bond donors (Lipinski definition) is 1. The number of carbonyl (C=O) groups is 2. The first-order valence-corrected chi connectivity index (χ1v) is 11.5. The normalized spacial score (nSPS) is 11.8. The Morgan fingerprint density at radius 2 is 1.89 bits per heavy atom. The van der Waals surface area contributed by atoms with E-state index in [2.05, 4.69) is 4.98 Å². The molecule has 1 N–H and O–H groups in total. The lowest BCUT2D eigenvalue weighted by atomic mass is 9.97. The monoisotopic (exact) mass is 476 g/mol. The minimum Gasteiger partial charge on any atom is -0.481 e. The number of fused-ring (bicyclic) bond motifs is 2. The minimum atomic E-state index is -1.01. The van der Waals surface area contributed by atoms with Crippen molar-refractivity contribution in [2.75, 3.05) is 0 Å². The number of esters is 1. The highest BCUT2D eigenvalue weighted by atomic mass is 16.5. The molecule has 2 heterocycles. The Labute approximate surface area is 202 Å². The number of para-hydroxylation sites is 2. The molecule has 0 radical (unpaired) electrons. The molecule has 0 atom stereocenters. The van der Waals surface area contributed by atoms with E-state index < -0.39 is 17.4 Å². The average Bonchev–Trinajstić information content (AvgIpc) is 3.13. The number of aryl methyl sites for hydroxylation is 3. The van der Waals surface area contributed by atoms with Gasteiger partial charge in [-0.3, -0.25) is 14.4 Å². The van der Waals surface area contributed by atoms with Crippen LogP contribution in [-0.4, -0.2) is 26.6 Å². The number of nitrogens with zero attached hydrogens (tertiary/aromatic N) is 2. The molecule has 0 spiro atoms. The number of benzene rings is 2. The van der Waals surface area contributed by atoms with Crippen molar-refractivity contribution in [2.24, 2.45) is 12.5 Å². The fourth-order valence-electron chi connectivity index (χ4n) is 3.93. The predicted molar refractivity (Wildman–Crippen MR) is 133 cm³/mol. The molecule has 35 heavy (non-hydrogen) atoms. The van der Waals surface area contributed by atoms with Crippen LogP contribution in [0.2, 0.25) is 0 Å². The maximum atomic E-state index is 13.8. The Morgan fingerprint density at radius 1 is 1.17 bits per heavy atom. The highest BCUT2D eigenvalue weighted by Gasteiger charge is 2.26. The lowest BCUT2D eigenvalue weighted by molar-refractivity contribution is -0.143. The Kier molecular flexibility index (Phi) is 6.23. The summed E-state index contributed by atoms with van der Waals surface area (Å²) in [6.07, 6.45) is 0.320. The van der Waals surface area contributed by atoms with Gasteiger partial charge in [0.05, 0.1) is 28.3 Å². The zero-order valence-corrected chi connectivity index (χ0v) is 20.5. The summed E-state index contributed by atoms with van der Waals surface area (Å²) >= 11 is 0. The van der Waals surface area contributed by atoms with E-state index in [9.17, 15) is 19.5 Å². The molecule has 0 aliphatic carbocycles. The molecule has 182 valence electrons. The summed E-state index contributed by atoms with van der Waals surface area (Å²) < 4.78 is 13.6. The molecule has 8 nitrogen and oxygen atoms in total. The predicted octanol–water partition coefficient (Wildman–Crippen LogP) is 4.88. The van der Waals surface area contributed by atoms with Gasteiger partial charge in [-0.25, -0.2) is 4.98 Å². The zero-order chi connectivity index (χ0) is 25.5. The third-order valence-electron chi connectivity index (χ3n) is 5.92. The number of carboxylic acids is 1.